The molecular formula is C20H31BN2O5. The molecule has 0 atom stereocenters. The van der Waals surface area contributed by atoms with Crippen molar-refractivity contribution in [3.8, 4) is 0 Å². The van der Waals surface area contributed by atoms with Crippen LogP contribution in [0.4, 0.5) is 4.79 Å². The molecule has 3 rings (SSSR count). The van der Waals surface area contributed by atoms with Crippen molar-refractivity contribution in [3.63, 3.8) is 0 Å². The summed E-state index contributed by atoms with van der Waals surface area (Å²) in [6.45, 7) is 14.3. The number of rotatable bonds is 1. The van der Waals surface area contributed by atoms with E-state index in [1.165, 1.54) is 0 Å². The molecule has 3 heterocycles. The van der Waals surface area contributed by atoms with Crippen molar-refractivity contribution < 1.29 is 18.8 Å². The Morgan fingerprint density at radius 1 is 1.14 bits per heavy atom. The van der Waals surface area contributed by atoms with Gasteiger partial charge in [-0.05, 0) is 60.5 Å². The molecule has 1 fully saturated rings. The monoisotopic (exact) mass is 390 g/mol. The lowest BCUT2D eigenvalue weighted by molar-refractivity contribution is 0.00578. The van der Waals surface area contributed by atoms with Gasteiger partial charge in [-0.25, -0.2) is 4.79 Å². The van der Waals surface area contributed by atoms with E-state index in [2.05, 4.69) is 0 Å². The van der Waals surface area contributed by atoms with Crippen LogP contribution >= 0.6 is 0 Å². The first-order valence-electron chi connectivity index (χ1n) is 9.77. The number of aryl methyl sites for hydroxylation is 1. The van der Waals surface area contributed by atoms with Crippen LogP contribution in [0.5, 0.6) is 0 Å². The number of hydrogen-bond acceptors (Lipinski definition) is 5. The zero-order valence-electron chi connectivity index (χ0n) is 18.2. The molecule has 154 valence electrons. The summed E-state index contributed by atoms with van der Waals surface area (Å²) in [5, 5.41) is 0. The fourth-order valence-electron chi connectivity index (χ4n) is 3.48. The van der Waals surface area contributed by atoms with Crippen LogP contribution in [-0.4, -0.2) is 46.0 Å². The highest BCUT2D eigenvalue weighted by Crippen LogP contribution is 2.37. The second kappa shape index (κ2) is 6.63. The van der Waals surface area contributed by atoms with Gasteiger partial charge in [0.1, 0.15) is 5.60 Å². The van der Waals surface area contributed by atoms with Crippen molar-refractivity contribution in [2.24, 2.45) is 7.05 Å². The summed E-state index contributed by atoms with van der Waals surface area (Å²) in [4.78, 5) is 26.9. The van der Waals surface area contributed by atoms with E-state index >= 15 is 0 Å². The number of pyridine rings is 1. The largest absolute Gasteiger partial charge is 0.496 e. The maximum atomic E-state index is 12.7. The fraction of sp³-hybridized carbons (Fsp3) is 0.700. The van der Waals surface area contributed by atoms with Crippen molar-refractivity contribution in [2.45, 2.75) is 78.2 Å². The molecule has 1 saturated heterocycles. The number of nitrogens with zero attached hydrogens (tertiary/aromatic N) is 2. The van der Waals surface area contributed by atoms with Crippen molar-refractivity contribution in [3.05, 3.63) is 27.7 Å². The number of fused-ring (bicyclic) bond motifs is 1. The van der Waals surface area contributed by atoms with Gasteiger partial charge in [-0.1, -0.05) is 0 Å². The van der Waals surface area contributed by atoms with E-state index in [-0.39, 0.29) is 11.7 Å². The Morgan fingerprint density at radius 2 is 1.71 bits per heavy atom. The molecule has 0 unspecified atom stereocenters. The Hall–Kier alpha value is -1.80. The molecule has 0 radical (unpaired) electrons. The molecule has 0 N–H and O–H groups in total. The van der Waals surface area contributed by atoms with Crippen molar-refractivity contribution in [1.82, 2.24) is 9.47 Å². The normalized spacial score (nSPS) is 20.9. The minimum absolute atomic E-state index is 0.0425. The van der Waals surface area contributed by atoms with Gasteiger partial charge in [-0.2, -0.15) is 0 Å². The summed E-state index contributed by atoms with van der Waals surface area (Å²) < 4.78 is 19.5. The van der Waals surface area contributed by atoms with Crippen LogP contribution in [0.2, 0.25) is 0 Å². The molecule has 0 aromatic carbocycles. The zero-order chi connectivity index (χ0) is 21.1. The first kappa shape index (κ1) is 20.9. The van der Waals surface area contributed by atoms with Gasteiger partial charge >= 0.3 is 13.2 Å². The number of carbonyl (C=O) groups is 1. The highest BCUT2D eigenvalue weighted by molar-refractivity contribution is 6.62. The average molecular weight is 390 g/mol. The third kappa shape index (κ3) is 3.72. The molecular weight excluding hydrogens is 359 g/mol. The Kier molecular flexibility index (Phi) is 4.95. The SMILES string of the molecule is Cn1cc(B2OC(C)(C)C(C)(C)O2)c2c(c1=O)CCN(C(=O)OC(C)(C)C)C2. The number of ether oxygens (including phenoxy) is 1. The quantitative estimate of drug-likeness (QED) is 0.686. The molecule has 2 aliphatic rings. The van der Waals surface area contributed by atoms with Crippen LogP contribution in [0.1, 0.15) is 59.6 Å². The third-order valence-corrected chi connectivity index (χ3v) is 5.76. The van der Waals surface area contributed by atoms with Crippen molar-refractivity contribution >= 4 is 18.7 Å². The summed E-state index contributed by atoms with van der Waals surface area (Å²) in [5.74, 6) is 0. The predicted molar refractivity (Wildman–Crippen MR) is 108 cm³/mol. The number of aromatic nitrogens is 1. The van der Waals surface area contributed by atoms with E-state index in [4.69, 9.17) is 14.0 Å². The van der Waals surface area contributed by atoms with Crippen LogP contribution in [0.15, 0.2) is 11.0 Å². The molecule has 1 amide bonds. The standard InChI is InChI=1S/C20H31BN2O5/c1-18(2,3)26-17(25)23-10-9-13-14(11-23)15(12-22(8)16(13)24)21-27-19(4,5)20(6,7)28-21/h12H,9-11H2,1-8H3. The van der Waals surface area contributed by atoms with Gasteiger partial charge in [0.25, 0.3) is 5.56 Å². The molecule has 8 heteroatoms. The van der Waals surface area contributed by atoms with Gasteiger partial charge in [0.05, 0.1) is 11.2 Å². The number of carbonyl (C=O) groups excluding carboxylic acids is 1. The Labute approximate surface area is 167 Å². The molecule has 0 aliphatic carbocycles. The Balaban J connectivity index is 1.98. The lowest BCUT2D eigenvalue weighted by atomic mass is 9.74. The van der Waals surface area contributed by atoms with Crippen LogP contribution in [0.25, 0.3) is 0 Å². The van der Waals surface area contributed by atoms with Gasteiger partial charge in [0.2, 0.25) is 0 Å². The third-order valence-electron chi connectivity index (χ3n) is 5.76. The number of hydrogen-bond donors (Lipinski definition) is 0. The minimum Gasteiger partial charge on any atom is -0.444 e. The van der Waals surface area contributed by atoms with Crippen LogP contribution in [-0.2, 0) is 34.1 Å². The second-order valence-corrected chi connectivity index (χ2v) is 9.70. The van der Waals surface area contributed by atoms with Crippen LogP contribution in [0.3, 0.4) is 0 Å². The highest BCUT2D eigenvalue weighted by Gasteiger charge is 2.52. The maximum absolute atomic E-state index is 12.7. The number of amides is 1. The van der Waals surface area contributed by atoms with Crippen LogP contribution < -0.4 is 11.0 Å². The van der Waals surface area contributed by atoms with Gasteiger partial charge in [0.15, 0.2) is 0 Å². The smallest absolute Gasteiger partial charge is 0.444 e. The molecule has 0 bridgehead atoms. The van der Waals surface area contributed by atoms with Crippen molar-refractivity contribution in [2.75, 3.05) is 6.54 Å². The Bertz CT molecular complexity index is 837. The summed E-state index contributed by atoms with van der Waals surface area (Å²) in [6.07, 6.45) is 1.87. The molecule has 2 aliphatic heterocycles. The first-order chi connectivity index (χ1) is 12.7. The van der Waals surface area contributed by atoms with E-state index < -0.39 is 23.9 Å². The fourth-order valence-corrected chi connectivity index (χ4v) is 3.48. The first-order valence-corrected chi connectivity index (χ1v) is 9.77. The van der Waals surface area contributed by atoms with E-state index in [1.807, 2.05) is 48.5 Å². The lowest BCUT2D eigenvalue weighted by Gasteiger charge is -2.32. The van der Waals surface area contributed by atoms with E-state index in [0.717, 1.165) is 16.6 Å². The second-order valence-electron chi connectivity index (χ2n) is 9.70. The van der Waals surface area contributed by atoms with E-state index in [9.17, 15) is 9.59 Å². The molecule has 0 spiro atoms. The summed E-state index contributed by atoms with van der Waals surface area (Å²) in [6, 6.07) is 0. The van der Waals surface area contributed by atoms with Crippen LogP contribution in [0, 0.1) is 0 Å². The van der Waals surface area contributed by atoms with Gasteiger partial charge in [-0.15, -0.1) is 0 Å². The van der Waals surface area contributed by atoms with Gasteiger partial charge in [-0.3, -0.25) is 4.79 Å². The summed E-state index contributed by atoms with van der Waals surface area (Å²) >= 11 is 0. The summed E-state index contributed by atoms with van der Waals surface area (Å²) in [5.41, 5.74) is 0.729. The summed E-state index contributed by atoms with van der Waals surface area (Å²) in [7, 11) is 1.14. The van der Waals surface area contributed by atoms with Gasteiger partial charge < -0.3 is 23.5 Å². The van der Waals surface area contributed by atoms with E-state index in [1.54, 1.807) is 22.7 Å². The predicted octanol–water partition coefficient (Wildman–Crippen LogP) is 1.98. The molecule has 1 aromatic heterocycles. The lowest BCUT2D eigenvalue weighted by Crippen LogP contribution is -2.48. The highest BCUT2D eigenvalue weighted by atomic mass is 16.7. The maximum Gasteiger partial charge on any atom is 0.496 e. The average Bonchev–Trinajstić information content (AvgIpc) is 2.76. The molecule has 1 aromatic rings. The molecule has 0 saturated carbocycles. The molecule has 28 heavy (non-hydrogen) atoms. The Morgan fingerprint density at radius 3 is 2.25 bits per heavy atom. The topological polar surface area (TPSA) is 70.0 Å². The molecule has 7 nitrogen and oxygen atoms in total. The zero-order valence-corrected chi connectivity index (χ0v) is 18.2. The minimum atomic E-state index is -0.593. The van der Waals surface area contributed by atoms with Crippen molar-refractivity contribution in [1.29, 1.82) is 0 Å². The van der Waals surface area contributed by atoms with E-state index in [0.29, 0.717) is 19.5 Å². The van der Waals surface area contributed by atoms with Gasteiger partial charge in [0, 0.05) is 37.4 Å².